The first-order chi connectivity index (χ1) is 15.4. The van der Waals surface area contributed by atoms with Crippen LogP contribution in [0, 0.1) is 5.82 Å². The van der Waals surface area contributed by atoms with Gasteiger partial charge in [0.05, 0.1) is 6.04 Å². The summed E-state index contributed by atoms with van der Waals surface area (Å²) >= 11 is 0. The SMILES string of the molecule is CC(NC(=O)c1ccc(=O)n(-c2ccccc2F)n1)c1cccc(-n2ccccc2=O)c1. The Bertz CT molecular complexity index is 1410. The lowest BCUT2D eigenvalue weighted by Crippen LogP contribution is -2.31. The number of hydrogen-bond donors (Lipinski definition) is 1. The summed E-state index contributed by atoms with van der Waals surface area (Å²) in [7, 11) is 0. The zero-order valence-electron chi connectivity index (χ0n) is 17.1. The molecule has 0 spiro atoms. The maximum Gasteiger partial charge on any atom is 0.272 e. The molecule has 0 aliphatic carbocycles. The van der Waals surface area contributed by atoms with Gasteiger partial charge in [0.2, 0.25) is 0 Å². The highest BCUT2D eigenvalue weighted by atomic mass is 19.1. The van der Waals surface area contributed by atoms with Crippen LogP contribution >= 0.6 is 0 Å². The molecule has 1 N–H and O–H groups in total. The third kappa shape index (κ3) is 4.24. The van der Waals surface area contributed by atoms with Gasteiger partial charge >= 0.3 is 0 Å². The number of hydrogen-bond acceptors (Lipinski definition) is 4. The van der Waals surface area contributed by atoms with Gasteiger partial charge < -0.3 is 5.32 Å². The largest absolute Gasteiger partial charge is 0.344 e. The number of carbonyl (C=O) groups excluding carboxylic acids is 1. The maximum atomic E-state index is 14.1. The minimum Gasteiger partial charge on any atom is -0.344 e. The third-order valence-electron chi connectivity index (χ3n) is 4.93. The number of aromatic nitrogens is 3. The van der Waals surface area contributed by atoms with E-state index in [-0.39, 0.29) is 16.9 Å². The summed E-state index contributed by atoms with van der Waals surface area (Å²) in [6.45, 7) is 1.79. The van der Waals surface area contributed by atoms with Crippen molar-refractivity contribution in [3.63, 3.8) is 0 Å². The van der Waals surface area contributed by atoms with Gasteiger partial charge in [-0.1, -0.05) is 30.3 Å². The van der Waals surface area contributed by atoms with E-state index in [9.17, 15) is 18.8 Å². The number of pyridine rings is 1. The smallest absolute Gasteiger partial charge is 0.272 e. The summed E-state index contributed by atoms with van der Waals surface area (Å²) in [6.07, 6.45) is 1.67. The lowest BCUT2D eigenvalue weighted by molar-refractivity contribution is 0.0933. The predicted molar refractivity (Wildman–Crippen MR) is 118 cm³/mol. The van der Waals surface area contributed by atoms with Crippen molar-refractivity contribution < 1.29 is 9.18 Å². The van der Waals surface area contributed by atoms with E-state index in [1.54, 1.807) is 49.5 Å². The van der Waals surface area contributed by atoms with Crippen LogP contribution in [0.3, 0.4) is 0 Å². The monoisotopic (exact) mass is 430 g/mol. The molecule has 2 aromatic heterocycles. The van der Waals surface area contributed by atoms with Gasteiger partial charge in [0.25, 0.3) is 17.0 Å². The summed E-state index contributed by atoms with van der Waals surface area (Å²) in [5, 5.41) is 6.85. The maximum absolute atomic E-state index is 14.1. The number of rotatable bonds is 5. The van der Waals surface area contributed by atoms with Gasteiger partial charge in [-0.3, -0.25) is 19.0 Å². The van der Waals surface area contributed by atoms with Crippen molar-refractivity contribution in [2.75, 3.05) is 0 Å². The molecule has 1 amide bonds. The molecule has 0 radical (unpaired) electrons. The molecule has 1 unspecified atom stereocenters. The number of amides is 1. The second-order valence-corrected chi connectivity index (χ2v) is 7.12. The summed E-state index contributed by atoms with van der Waals surface area (Å²) in [5.41, 5.74) is 0.646. The average molecular weight is 430 g/mol. The van der Waals surface area contributed by atoms with E-state index in [4.69, 9.17) is 0 Å². The summed E-state index contributed by atoms with van der Waals surface area (Å²) in [5.74, 6) is -1.15. The Balaban J connectivity index is 1.59. The lowest BCUT2D eigenvalue weighted by Gasteiger charge is -2.16. The molecule has 160 valence electrons. The van der Waals surface area contributed by atoms with Gasteiger partial charge in [0.1, 0.15) is 17.2 Å². The van der Waals surface area contributed by atoms with Crippen LogP contribution in [0.2, 0.25) is 0 Å². The van der Waals surface area contributed by atoms with Crippen LogP contribution in [0.15, 0.2) is 94.6 Å². The van der Waals surface area contributed by atoms with Crippen molar-refractivity contribution >= 4 is 5.91 Å². The molecular weight excluding hydrogens is 411 g/mol. The normalized spacial score (nSPS) is 11.7. The Morgan fingerprint density at radius 3 is 2.50 bits per heavy atom. The second-order valence-electron chi connectivity index (χ2n) is 7.12. The molecule has 0 saturated carbocycles. The number of nitrogens with zero attached hydrogens (tertiary/aromatic N) is 3. The van der Waals surface area contributed by atoms with Crippen molar-refractivity contribution in [1.29, 1.82) is 0 Å². The number of halogens is 1. The molecule has 0 aliphatic rings. The third-order valence-corrected chi connectivity index (χ3v) is 4.93. The zero-order valence-corrected chi connectivity index (χ0v) is 17.1. The molecule has 1 atom stereocenters. The van der Waals surface area contributed by atoms with Gasteiger partial charge in [-0.2, -0.15) is 9.78 Å². The average Bonchev–Trinajstić information content (AvgIpc) is 2.80. The van der Waals surface area contributed by atoms with E-state index in [0.717, 1.165) is 10.2 Å². The summed E-state index contributed by atoms with van der Waals surface area (Å²) < 4.78 is 16.5. The minimum absolute atomic E-state index is 0.0323. The van der Waals surface area contributed by atoms with E-state index in [0.29, 0.717) is 5.69 Å². The molecule has 2 heterocycles. The van der Waals surface area contributed by atoms with Crippen LogP contribution in [0.25, 0.3) is 11.4 Å². The first-order valence-corrected chi connectivity index (χ1v) is 9.88. The lowest BCUT2D eigenvalue weighted by atomic mass is 10.1. The van der Waals surface area contributed by atoms with E-state index in [1.165, 1.54) is 41.0 Å². The van der Waals surface area contributed by atoms with Gasteiger partial charge in [-0.15, -0.1) is 0 Å². The summed E-state index contributed by atoms with van der Waals surface area (Å²) in [6, 6.07) is 19.9. The standard InChI is InChI=1S/C24H19FN4O3/c1-16(17-7-6-8-18(15-17)28-14-5-4-11-22(28)30)26-24(32)20-12-13-23(31)29(27-20)21-10-3-2-9-19(21)25/h2-16H,1H3,(H,26,32). The Morgan fingerprint density at radius 2 is 1.72 bits per heavy atom. The summed E-state index contributed by atoms with van der Waals surface area (Å²) in [4.78, 5) is 37.0. The molecule has 0 bridgehead atoms. The van der Waals surface area contributed by atoms with Crippen molar-refractivity contribution in [2.45, 2.75) is 13.0 Å². The molecule has 32 heavy (non-hydrogen) atoms. The highest BCUT2D eigenvalue weighted by Crippen LogP contribution is 2.17. The molecule has 0 saturated heterocycles. The number of nitrogens with one attached hydrogen (secondary N) is 1. The fourth-order valence-corrected chi connectivity index (χ4v) is 3.27. The first-order valence-electron chi connectivity index (χ1n) is 9.88. The highest BCUT2D eigenvalue weighted by Gasteiger charge is 2.16. The number of carbonyl (C=O) groups is 1. The van der Waals surface area contributed by atoms with Crippen molar-refractivity contribution in [3.05, 3.63) is 123 Å². The second kappa shape index (κ2) is 8.81. The van der Waals surface area contributed by atoms with E-state index < -0.39 is 23.3 Å². The van der Waals surface area contributed by atoms with Crippen LogP contribution in [0.5, 0.6) is 0 Å². The van der Waals surface area contributed by atoms with Gasteiger partial charge in [-0.25, -0.2) is 4.39 Å². The Labute approximate surface area is 182 Å². The van der Waals surface area contributed by atoms with E-state index >= 15 is 0 Å². The molecule has 7 nitrogen and oxygen atoms in total. The van der Waals surface area contributed by atoms with E-state index in [2.05, 4.69) is 10.4 Å². The minimum atomic E-state index is -0.624. The molecular formula is C24H19FN4O3. The molecule has 2 aromatic carbocycles. The molecule has 4 aromatic rings. The molecule has 0 aliphatic heterocycles. The molecule has 8 heteroatoms. The first kappa shape index (κ1) is 20.9. The Morgan fingerprint density at radius 1 is 0.938 bits per heavy atom. The van der Waals surface area contributed by atoms with Crippen LogP contribution in [-0.2, 0) is 0 Å². The fourth-order valence-electron chi connectivity index (χ4n) is 3.27. The predicted octanol–water partition coefficient (Wildman–Crippen LogP) is 3.01. The van der Waals surface area contributed by atoms with Crippen LogP contribution < -0.4 is 16.4 Å². The Hall–Kier alpha value is -4.33. The van der Waals surface area contributed by atoms with Gasteiger partial charge in [0, 0.05) is 24.0 Å². The topological polar surface area (TPSA) is 86.0 Å². The van der Waals surface area contributed by atoms with Crippen LogP contribution in [-0.4, -0.2) is 20.3 Å². The number of para-hydroxylation sites is 1. The highest BCUT2D eigenvalue weighted by molar-refractivity contribution is 5.92. The molecule has 4 rings (SSSR count). The number of benzene rings is 2. The van der Waals surface area contributed by atoms with E-state index in [1.807, 2.05) is 6.07 Å². The Kier molecular flexibility index (Phi) is 5.76. The van der Waals surface area contributed by atoms with Gasteiger partial charge in [-0.05, 0) is 48.9 Å². The zero-order chi connectivity index (χ0) is 22.7. The quantitative estimate of drug-likeness (QED) is 0.527. The van der Waals surface area contributed by atoms with Gasteiger partial charge in [0.15, 0.2) is 0 Å². The van der Waals surface area contributed by atoms with Crippen molar-refractivity contribution in [1.82, 2.24) is 19.7 Å². The van der Waals surface area contributed by atoms with Crippen molar-refractivity contribution in [2.24, 2.45) is 0 Å². The van der Waals surface area contributed by atoms with Crippen molar-refractivity contribution in [3.8, 4) is 11.4 Å². The van der Waals surface area contributed by atoms with Crippen LogP contribution in [0.4, 0.5) is 4.39 Å². The fraction of sp³-hybridized carbons (Fsp3) is 0.0833. The van der Waals surface area contributed by atoms with Crippen LogP contribution in [0.1, 0.15) is 29.0 Å². The molecule has 0 fully saturated rings.